The second kappa shape index (κ2) is 12.0. The van der Waals surface area contributed by atoms with Gasteiger partial charge in [-0.05, 0) is 49.6 Å². The fraction of sp³-hybridized carbons (Fsp3) is 0.409. The van der Waals surface area contributed by atoms with Crippen LogP contribution in [-0.2, 0) is 4.79 Å². The first kappa shape index (κ1) is 26.9. The molecular weight excluding hydrogens is 430 g/mol. The molecule has 2 N–H and O–H groups in total. The van der Waals surface area contributed by atoms with Crippen molar-refractivity contribution in [3.8, 4) is 5.75 Å². The lowest BCUT2D eigenvalue weighted by Gasteiger charge is -2.17. The van der Waals surface area contributed by atoms with Crippen LogP contribution in [0.4, 0.5) is 23.4 Å². The van der Waals surface area contributed by atoms with Gasteiger partial charge >= 0.3 is 6.18 Å². The van der Waals surface area contributed by atoms with Gasteiger partial charge in [-0.15, -0.1) is 0 Å². The number of aromatic nitrogens is 1. The maximum absolute atomic E-state index is 14.2. The summed E-state index contributed by atoms with van der Waals surface area (Å²) in [7, 11) is 0. The molecule has 0 saturated carbocycles. The number of amides is 1. The Hall–Kier alpha value is -3.17. The molecular formula is C22H31F4N3O3. The highest BCUT2D eigenvalue weighted by Crippen LogP contribution is 2.22. The number of alkyl halides is 3. The van der Waals surface area contributed by atoms with Gasteiger partial charge in [0.1, 0.15) is 24.2 Å². The minimum atomic E-state index is -4.53. The minimum Gasteiger partial charge on any atom is -0.484 e. The van der Waals surface area contributed by atoms with E-state index in [1.54, 1.807) is 6.92 Å². The Morgan fingerprint density at radius 2 is 1.84 bits per heavy atom. The average molecular weight is 462 g/mol. The van der Waals surface area contributed by atoms with Crippen molar-refractivity contribution < 1.29 is 34.7 Å². The average Bonchev–Trinajstić information content (AvgIpc) is 2.71. The Morgan fingerprint density at radius 1 is 1.19 bits per heavy atom. The number of nitrogens with one attached hydrogen (secondary N) is 2. The number of benzene rings is 1. The van der Waals surface area contributed by atoms with Crippen molar-refractivity contribution in [2.75, 3.05) is 18.5 Å². The lowest BCUT2D eigenvalue weighted by Crippen LogP contribution is -2.27. The molecule has 32 heavy (non-hydrogen) atoms. The van der Waals surface area contributed by atoms with Gasteiger partial charge in [0.05, 0.1) is 11.6 Å². The molecule has 2 rings (SSSR count). The lowest BCUT2D eigenvalue weighted by atomic mass is 10.1. The van der Waals surface area contributed by atoms with Crippen LogP contribution in [0.2, 0.25) is 0 Å². The topological polar surface area (TPSA) is 80.3 Å². The molecule has 0 radical (unpaired) electrons. The van der Waals surface area contributed by atoms with Gasteiger partial charge in [0.25, 0.3) is 5.91 Å². The van der Waals surface area contributed by atoms with E-state index < -0.39 is 30.5 Å². The number of nitrogens with zero attached hydrogens (tertiary/aromatic N) is 1. The predicted molar refractivity (Wildman–Crippen MR) is 117 cm³/mol. The SMILES string of the molecule is C=O.Cc1cc(C(C)NC(=O)c2ccc(OCC(F)(F)F)cc2F)cc(NCC(C)C)n1.[HH].[HH]. The van der Waals surface area contributed by atoms with Gasteiger partial charge in [0.2, 0.25) is 0 Å². The van der Waals surface area contributed by atoms with E-state index in [2.05, 4.69) is 34.2 Å². The van der Waals surface area contributed by atoms with Crippen molar-refractivity contribution in [3.63, 3.8) is 0 Å². The number of hydrogen-bond donors (Lipinski definition) is 2. The molecule has 180 valence electrons. The second-order valence-corrected chi connectivity index (χ2v) is 7.44. The molecule has 0 aliphatic carbocycles. The molecule has 6 nitrogen and oxygen atoms in total. The highest BCUT2D eigenvalue weighted by atomic mass is 19.4. The third kappa shape index (κ3) is 8.91. The summed E-state index contributed by atoms with van der Waals surface area (Å²) in [5, 5.41) is 5.92. The molecule has 1 heterocycles. The summed E-state index contributed by atoms with van der Waals surface area (Å²) in [5.74, 6) is -0.853. The number of carbonyl (C=O) groups excluding carboxylic acids is 2. The van der Waals surface area contributed by atoms with E-state index >= 15 is 0 Å². The van der Waals surface area contributed by atoms with Gasteiger partial charge in [0.15, 0.2) is 6.61 Å². The van der Waals surface area contributed by atoms with E-state index in [1.165, 1.54) is 0 Å². The van der Waals surface area contributed by atoms with Crippen LogP contribution in [-0.4, -0.2) is 37.0 Å². The molecule has 0 bridgehead atoms. The second-order valence-electron chi connectivity index (χ2n) is 7.44. The predicted octanol–water partition coefficient (Wildman–Crippen LogP) is 5.34. The molecule has 1 atom stereocenters. The van der Waals surface area contributed by atoms with Gasteiger partial charge in [-0.3, -0.25) is 4.79 Å². The highest BCUT2D eigenvalue weighted by molar-refractivity contribution is 5.94. The standard InChI is InChI=1S/C21H25F4N3O2.CH2O.2H2/c1-12(2)10-26-19-8-15(7-13(3)27-19)14(4)28-20(29)17-6-5-16(9-18(17)22)30-11-21(23,24)25;1-2;;/h5-9,12,14H,10-11H2,1-4H3,(H,26,27)(H,28,29);1H2;2*1H. The van der Waals surface area contributed by atoms with Gasteiger partial charge in [0, 0.05) is 21.2 Å². The summed E-state index contributed by atoms with van der Waals surface area (Å²) in [5.41, 5.74) is 1.26. The van der Waals surface area contributed by atoms with Crippen LogP contribution < -0.4 is 15.4 Å². The number of pyridine rings is 1. The first-order chi connectivity index (χ1) is 14.9. The Kier molecular flexibility index (Phi) is 10.1. The van der Waals surface area contributed by atoms with Crippen LogP contribution in [0.15, 0.2) is 30.3 Å². The van der Waals surface area contributed by atoms with Crippen LogP contribution in [0.5, 0.6) is 5.75 Å². The summed E-state index contributed by atoms with van der Waals surface area (Å²) < 4.78 is 55.3. The number of anilines is 1. The summed E-state index contributed by atoms with van der Waals surface area (Å²) in [6, 6.07) is 6.16. The molecule has 1 amide bonds. The van der Waals surface area contributed by atoms with Crippen molar-refractivity contribution in [2.45, 2.75) is 39.9 Å². The van der Waals surface area contributed by atoms with Crippen LogP contribution in [0, 0.1) is 18.7 Å². The maximum Gasteiger partial charge on any atom is 0.422 e. The Morgan fingerprint density at radius 3 is 2.41 bits per heavy atom. The third-order valence-corrected chi connectivity index (χ3v) is 4.10. The van der Waals surface area contributed by atoms with Crippen molar-refractivity contribution in [3.05, 3.63) is 53.0 Å². The molecule has 0 fully saturated rings. The van der Waals surface area contributed by atoms with E-state index in [4.69, 9.17) is 4.79 Å². The quantitative estimate of drug-likeness (QED) is 0.519. The number of aryl methyl sites for hydroxylation is 1. The van der Waals surface area contributed by atoms with E-state index in [0.29, 0.717) is 11.7 Å². The number of ether oxygens (including phenoxy) is 1. The molecule has 1 aromatic carbocycles. The minimum absolute atomic E-state index is 0. The zero-order valence-corrected chi connectivity index (χ0v) is 18.3. The van der Waals surface area contributed by atoms with Crippen molar-refractivity contribution >= 4 is 18.5 Å². The Labute approximate surface area is 187 Å². The van der Waals surface area contributed by atoms with Crippen molar-refractivity contribution in [1.29, 1.82) is 0 Å². The molecule has 0 spiro atoms. The summed E-state index contributed by atoms with van der Waals surface area (Å²) in [4.78, 5) is 24.9. The zero-order chi connectivity index (χ0) is 24.5. The third-order valence-electron chi connectivity index (χ3n) is 4.10. The van der Waals surface area contributed by atoms with E-state index in [0.717, 1.165) is 36.0 Å². The monoisotopic (exact) mass is 461 g/mol. The van der Waals surface area contributed by atoms with Crippen LogP contribution in [0.25, 0.3) is 0 Å². The van der Waals surface area contributed by atoms with Crippen molar-refractivity contribution in [1.82, 2.24) is 10.3 Å². The summed E-state index contributed by atoms with van der Waals surface area (Å²) in [6.07, 6.45) is -4.53. The molecule has 1 aromatic heterocycles. The Bertz CT molecular complexity index is 915. The van der Waals surface area contributed by atoms with Crippen molar-refractivity contribution in [2.24, 2.45) is 5.92 Å². The van der Waals surface area contributed by atoms with E-state index in [9.17, 15) is 22.4 Å². The van der Waals surface area contributed by atoms with Crippen LogP contribution >= 0.6 is 0 Å². The van der Waals surface area contributed by atoms with Gasteiger partial charge in [-0.25, -0.2) is 9.37 Å². The Balaban J connectivity index is 0. The van der Waals surface area contributed by atoms with E-state index in [1.807, 2.05) is 25.8 Å². The fourth-order valence-corrected chi connectivity index (χ4v) is 2.64. The van der Waals surface area contributed by atoms with Gasteiger partial charge in [-0.2, -0.15) is 13.2 Å². The lowest BCUT2D eigenvalue weighted by molar-refractivity contribution is -0.153. The summed E-state index contributed by atoms with van der Waals surface area (Å²) in [6.45, 7) is 8.92. The first-order valence-electron chi connectivity index (χ1n) is 9.76. The number of rotatable bonds is 8. The molecule has 0 aliphatic heterocycles. The highest BCUT2D eigenvalue weighted by Gasteiger charge is 2.28. The van der Waals surface area contributed by atoms with E-state index in [-0.39, 0.29) is 14.2 Å². The number of hydrogen-bond acceptors (Lipinski definition) is 5. The smallest absolute Gasteiger partial charge is 0.422 e. The zero-order valence-electron chi connectivity index (χ0n) is 18.3. The van der Waals surface area contributed by atoms with Crippen LogP contribution in [0.1, 0.15) is 51.3 Å². The molecule has 10 heteroatoms. The van der Waals surface area contributed by atoms with Gasteiger partial charge < -0.3 is 20.2 Å². The van der Waals surface area contributed by atoms with Crippen LogP contribution in [0.3, 0.4) is 0 Å². The molecule has 1 unspecified atom stereocenters. The number of halogens is 4. The molecule has 0 aliphatic rings. The van der Waals surface area contributed by atoms with Gasteiger partial charge in [-0.1, -0.05) is 13.8 Å². The fourth-order valence-electron chi connectivity index (χ4n) is 2.64. The normalized spacial score (nSPS) is 11.9. The first-order valence-corrected chi connectivity index (χ1v) is 9.76. The molecule has 0 saturated heterocycles. The molecule has 2 aromatic rings. The number of carbonyl (C=O) groups is 2. The maximum atomic E-state index is 14.2. The summed E-state index contributed by atoms with van der Waals surface area (Å²) >= 11 is 0. The largest absolute Gasteiger partial charge is 0.484 e.